The van der Waals surface area contributed by atoms with E-state index in [-0.39, 0.29) is 0 Å². The second kappa shape index (κ2) is 5.62. The highest BCUT2D eigenvalue weighted by molar-refractivity contribution is 6.30. The van der Waals surface area contributed by atoms with E-state index >= 15 is 0 Å². The Balaban J connectivity index is 2.34. The van der Waals surface area contributed by atoms with Crippen LogP contribution in [0.15, 0.2) is 42.5 Å². The maximum atomic E-state index is 5.95. The van der Waals surface area contributed by atoms with Gasteiger partial charge in [0.2, 0.25) is 0 Å². The number of aryl methyl sites for hydroxylation is 1. The molecule has 0 saturated heterocycles. The van der Waals surface area contributed by atoms with Gasteiger partial charge in [-0.25, -0.2) is 0 Å². The second-order valence-corrected chi connectivity index (χ2v) is 4.40. The predicted molar refractivity (Wildman–Crippen MR) is 75.2 cm³/mol. The van der Waals surface area contributed by atoms with E-state index in [1.165, 1.54) is 5.56 Å². The van der Waals surface area contributed by atoms with Gasteiger partial charge < -0.3 is 4.74 Å². The van der Waals surface area contributed by atoms with Gasteiger partial charge in [0.25, 0.3) is 0 Å². The lowest BCUT2D eigenvalue weighted by Gasteiger charge is -2.02. The van der Waals surface area contributed by atoms with Gasteiger partial charge in [-0.05, 0) is 37.3 Å². The van der Waals surface area contributed by atoms with Crippen molar-refractivity contribution in [2.45, 2.75) is 6.92 Å². The summed E-state index contributed by atoms with van der Waals surface area (Å²) in [6, 6.07) is 13.5. The SMILES string of the molecule is COc1ccc(Cl)cc1C#Cc1ccc(C)cc1. The van der Waals surface area contributed by atoms with Crippen LogP contribution in [0.2, 0.25) is 5.02 Å². The van der Waals surface area contributed by atoms with Gasteiger partial charge >= 0.3 is 0 Å². The van der Waals surface area contributed by atoms with Gasteiger partial charge in [0.05, 0.1) is 12.7 Å². The first-order valence-corrected chi connectivity index (χ1v) is 5.99. The Labute approximate surface area is 112 Å². The van der Waals surface area contributed by atoms with Crippen molar-refractivity contribution in [1.29, 1.82) is 0 Å². The van der Waals surface area contributed by atoms with Crippen LogP contribution in [0.25, 0.3) is 0 Å². The van der Waals surface area contributed by atoms with Crippen LogP contribution >= 0.6 is 11.6 Å². The van der Waals surface area contributed by atoms with Gasteiger partial charge in [0, 0.05) is 10.6 Å². The molecule has 0 aromatic heterocycles. The molecule has 0 N–H and O–H groups in total. The molecule has 1 nitrogen and oxygen atoms in total. The number of hydrogen-bond acceptors (Lipinski definition) is 1. The van der Waals surface area contributed by atoms with Crippen molar-refractivity contribution in [3.63, 3.8) is 0 Å². The number of rotatable bonds is 1. The first-order chi connectivity index (χ1) is 8.69. The first-order valence-electron chi connectivity index (χ1n) is 5.61. The minimum atomic E-state index is 0.656. The molecule has 0 saturated carbocycles. The van der Waals surface area contributed by atoms with Crippen molar-refractivity contribution in [3.8, 4) is 17.6 Å². The third-order valence-corrected chi connectivity index (χ3v) is 2.79. The van der Waals surface area contributed by atoms with E-state index < -0.39 is 0 Å². The van der Waals surface area contributed by atoms with Crippen molar-refractivity contribution in [1.82, 2.24) is 0 Å². The second-order valence-electron chi connectivity index (χ2n) is 3.96. The number of methoxy groups -OCH3 is 1. The first kappa shape index (κ1) is 12.5. The molecule has 0 bridgehead atoms. The summed E-state index contributed by atoms with van der Waals surface area (Å²) in [5, 5.41) is 0.656. The van der Waals surface area contributed by atoms with E-state index in [4.69, 9.17) is 16.3 Å². The van der Waals surface area contributed by atoms with Crippen LogP contribution < -0.4 is 4.74 Å². The van der Waals surface area contributed by atoms with Gasteiger partial charge in [-0.15, -0.1) is 0 Å². The number of halogens is 1. The molecule has 2 rings (SSSR count). The molecular weight excluding hydrogens is 244 g/mol. The molecule has 0 aliphatic rings. The normalized spacial score (nSPS) is 9.50. The van der Waals surface area contributed by atoms with E-state index in [9.17, 15) is 0 Å². The van der Waals surface area contributed by atoms with Gasteiger partial charge in [-0.2, -0.15) is 0 Å². The zero-order chi connectivity index (χ0) is 13.0. The maximum absolute atomic E-state index is 5.95. The van der Waals surface area contributed by atoms with Crippen molar-refractivity contribution in [2.24, 2.45) is 0 Å². The summed E-state index contributed by atoms with van der Waals surface area (Å²) in [6.45, 7) is 2.05. The number of ether oxygens (including phenoxy) is 1. The fourth-order valence-corrected chi connectivity index (χ4v) is 1.73. The van der Waals surface area contributed by atoms with E-state index in [1.54, 1.807) is 13.2 Å². The molecule has 0 heterocycles. The maximum Gasteiger partial charge on any atom is 0.134 e. The Morgan fingerprint density at radius 3 is 2.39 bits per heavy atom. The molecule has 90 valence electrons. The average molecular weight is 257 g/mol. The average Bonchev–Trinajstić information content (AvgIpc) is 2.38. The zero-order valence-corrected chi connectivity index (χ0v) is 11.1. The summed E-state index contributed by atoms with van der Waals surface area (Å²) in [4.78, 5) is 0. The van der Waals surface area contributed by atoms with Crippen molar-refractivity contribution >= 4 is 11.6 Å². The number of hydrogen-bond donors (Lipinski definition) is 0. The van der Waals surface area contributed by atoms with E-state index in [0.29, 0.717) is 5.02 Å². The molecule has 18 heavy (non-hydrogen) atoms. The fourth-order valence-electron chi connectivity index (χ4n) is 1.55. The summed E-state index contributed by atoms with van der Waals surface area (Å²) in [5.41, 5.74) is 2.99. The molecular formula is C16H13ClO. The largest absolute Gasteiger partial charge is 0.495 e. The van der Waals surface area contributed by atoms with Gasteiger partial charge in [0.1, 0.15) is 5.75 Å². The lowest BCUT2D eigenvalue weighted by atomic mass is 10.1. The Bertz CT molecular complexity index is 603. The molecule has 0 fully saturated rings. The highest BCUT2D eigenvalue weighted by atomic mass is 35.5. The molecule has 0 radical (unpaired) electrons. The van der Waals surface area contributed by atoms with Crippen LogP contribution in [0.3, 0.4) is 0 Å². The minimum Gasteiger partial charge on any atom is -0.495 e. The molecule has 0 spiro atoms. The monoisotopic (exact) mass is 256 g/mol. The Morgan fingerprint density at radius 2 is 1.72 bits per heavy atom. The molecule has 2 aromatic carbocycles. The summed E-state index contributed by atoms with van der Waals surface area (Å²) in [6.07, 6.45) is 0. The molecule has 2 heteroatoms. The summed E-state index contributed by atoms with van der Waals surface area (Å²) < 4.78 is 5.25. The highest BCUT2D eigenvalue weighted by Crippen LogP contribution is 2.21. The van der Waals surface area contributed by atoms with Crippen LogP contribution in [-0.4, -0.2) is 7.11 Å². The van der Waals surface area contributed by atoms with Gasteiger partial charge in [-0.3, -0.25) is 0 Å². The fraction of sp³-hybridized carbons (Fsp3) is 0.125. The lowest BCUT2D eigenvalue weighted by molar-refractivity contribution is 0.413. The topological polar surface area (TPSA) is 9.23 Å². The molecule has 0 aliphatic heterocycles. The molecule has 2 aromatic rings. The quantitative estimate of drug-likeness (QED) is 0.700. The van der Waals surface area contributed by atoms with Crippen molar-refractivity contribution in [3.05, 3.63) is 64.2 Å². The standard InChI is InChI=1S/C16H13ClO/c1-12-3-5-13(6-4-12)7-8-14-11-15(17)9-10-16(14)18-2/h3-6,9-11H,1-2H3. The van der Waals surface area contributed by atoms with Gasteiger partial charge in [-0.1, -0.05) is 41.1 Å². The van der Waals surface area contributed by atoms with Crippen LogP contribution in [0, 0.1) is 18.8 Å². The van der Waals surface area contributed by atoms with Crippen molar-refractivity contribution < 1.29 is 4.74 Å². The van der Waals surface area contributed by atoms with Gasteiger partial charge in [0.15, 0.2) is 0 Å². The molecule has 0 aliphatic carbocycles. The Kier molecular flexibility index (Phi) is 3.92. The molecule has 0 unspecified atom stereocenters. The van der Waals surface area contributed by atoms with E-state index in [0.717, 1.165) is 16.9 Å². The van der Waals surface area contributed by atoms with Crippen molar-refractivity contribution in [2.75, 3.05) is 7.11 Å². The summed E-state index contributed by atoms with van der Waals surface area (Å²) >= 11 is 5.95. The predicted octanol–water partition coefficient (Wildman–Crippen LogP) is 4.06. The van der Waals surface area contributed by atoms with Crippen LogP contribution in [0.4, 0.5) is 0 Å². The van der Waals surface area contributed by atoms with Crippen LogP contribution in [-0.2, 0) is 0 Å². The Morgan fingerprint density at radius 1 is 1.00 bits per heavy atom. The van der Waals surface area contributed by atoms with E-state index in [1.807, 2.05) is 36.4 Å². The zero-order valence-electron chi connectivity index (χ0n) is 10.3. The third kappa shape index (κ3) is 3.06. The summed E-state index contributed by atoms with van der Waals surface area (Å²) in [5.74, 6) is 6.92. The van der Waals surface area contributed by atoms with Crippen LogP contribution in [0.1, 0.15) is 16.7 Å². The highest BCUT2D eigenvalue weighted by Gasteiger charge is 2.00. The third-order valence-electron chi connectivity index (χ3n) is 2.55. The minimum absolute atomic E-state index is 0.656. The molecule has 0 amide bonds. The van der Waals surface area contributed by atoms with E-state index in [2.05, 4.69) is 18.8 Å². The van der Waals surface area contributed by atoms with Crippen LogP contribution in [0.5, 0.6) is 5.75 Å². The molecule has 0 atom stereocenters. The smallest absolute Gasteiger partial charge is 0.134 e. The summed E-state index contributed by atoms with van der Waals surface area (Å²) in [7, 11) is 1.63. The Hall–Kier alpha value is -1.91. The lowest BCUT2D eigenvalue weighted by Crippen LogP contribution is -1.87. The number of benzene rings is 2.